The van der Waals surface area contributed by atoms with Gasteiger partial charge in [-0.05, 0) is 42.5 Å². The molecule has 0 spiro atoms. The van der Waals surface area contributed by atoms with Gasteiger partial charge in [0.2, 0.25) is 0 Å². The maximum Gasteiger partial charge on any atom is 0.332 e. The quantitative estimate of drug-likeness (QED) is 0.766. The Morgan fingerprint density at radius 2 is 2.18 bits per heavy atom. The van der Waals surface area contributed by atoms with Crippen molar-refractivity contribution < 1.29 is 17.0 Å². The van der Waals surface area contributed by atoms with Gasteiger partial charge in [-0.15, -0.1) is 3.89 Å². The fourth-order valence-corrected chi connectivity index (χ4v) is 2.67. The van der Waals surface area contributed by atoms with Gasteiger partial charge in [0, 0.05) is 0 Å². The standard InChI is InChI=1S/C12H15FO3S/c1-3-9-6-8(2)11-7-10(17(13,14)15)4-5-12(11)16-9/h4-5,7-9H,3,6H2,1-2H3. The first-order valence-corrected chi connectivity index (χ1v) is 7.05. The third kappa shape index (κ3) is 2.44. The number of hydrogen-bond acceptors (Lipinski definition) is 3. The monoisotopic (exact) mass is 258 g/mol. The molecule has 0 aromatic heterocycles. The summed E-state index contributed by atoms with van der Waals surface area (Å²) in [6.07, 6.45) is 1.90. The second-order valence-corrected chi connectivity index (χ2v) is 5.77. The van der Waals surface area contributed by atoms with Crippen molar-refractivity contribution >= 4 is 10.2 Å². The molecule has 1 aliphatic rings. The van der Waals surface area contributed by atoms with Crippen molar-refractivity contribution in [3.63, 3.8) is 0 Å². The maximum absolute atomic E-state index is 12.9. The van der Waals surface area contributed by atoms with Crippen LogP contribution in [0, 0.1) is 0 Å². The molecule has 1 aromatic carbocycles. The number of halogens is 1. The van der Waals surface area contributed by atoms with Gasteiger partial charge < -0.3 is 4.74 Å². The lowest BCUT2D eigenvalue weighted by molar-refractivity contribution is 0.157. The van der Waals surface area contributed by atoms with Crippen LogP contribution in [0.4, 0.5) is 3.89 Å². The minimum absolute atomic E-state index is 0.158. The van der Waals surface area contributed by atoms with Crippen LogP contribution in [0.25, 0.3) is 0 Å². The van der Waals surface area contributed by atoms with Gasteiger partial charge in [-0.25, -0.2) is 0 Å². The molecule has 0 N–H and O–H groups in total. The Morgan fingerprint density at radius 3 is 2.76 bits per heavy atom. The van der Waals surface area contributed by atoms with Crippen molar-refractivity contribution in [3.05, 3.63) is 23.8 Å². The number of rotatable bonds is 2. The summed E-state index contributed by atoms with van der Waals surface area (Å²) in [5, 5.41) is 0. The Bertz CT molecular complexity index is 525. The van der Waals surface area contributed by atoms with Crippen molar-refractivity contribution in [3.8, 4) is 5.75 Å². The lowest BCUT2D eigenvalue weighted by atomic mass is 9.91. The van der Waals surface area contributed by atoms with Crippen molar-refractivity contribution in [2.75, 3.05) is 0 Å². The van der Waals surface area contributed by atoms with E-state index in [4.69, 9.17) is 4.74 Å². The van der Waals surface area contributed by atoms with Gasteiger partial charge >= 0.3 is 10.2 Å². The average molecular weight is 258 g/mol. The van der Waals surface area contributed by atoms with Crippen LogP contribution < -0.4 is 4.74 Å². The third-order valence-corrected chi connectivity index (χ3v) is 3.98. The molecule has 0 radical (unpaired) electrons. The molecule has 2 atom stereocenters. The summed E-state index contributed by atoms with van der Waals surface area (Å²) in [6.45, 7) is 4.04. The molecular formula is C12H15FO3S. The van der Waals surface area contributed by atoms with E-state index in [1.165, 1.54) is 12.1 Å². The fraction of sp³-hybridized carbons (Fsp3) is 0.500. The van der Waals surface area contributed by atoms with Gasteiger partial charge in [0.05, 0.1) is 11.0 Å². The highest BCUT2D eigenvalue weighted by Gasteiger charge is 2.26. The van der Waals surface area contributed by atoms with E-state index in [2.05, 4.69) is 0 Å². The Hall–Kier alpha value is -1.10. The number of ether oxygens (including phenoxy) is 1. The first-order chi connectivity index (χ1) is 7.91. The van der Waals surface area contributed by atoms with Gasteiger partial charge in [-0.3, -0.25) is 0 Å². The summed E-state index contributed by atoms with van der Waals surface area (Å²) in [5.41, 5.74) is 0.772. The molecule has 0 fully saturated rings. The molecule has 0 saturated heterocycles. The minimum atomic E-state index is -4.63. The van der Waals surface area contributed by atoms with Crippen LogP contribution in [0.15, 0.2) is 23.1 Å². The first kappa shape index (κ1) is 12.4. The van der Waals surface area contributed by atoms with Crippen molar-refractivity contribution in [2.45, 2.75) is 43.6 Å². The van der Waals surface area contributed by atoms with Crippen LogP contribution in [0.1, 0.15) is 38.2 Å². The van der Waals surface area contributed by atoms with Gasteiger partial charge in [-0.2, -0.15) is 8.42 Å². The number of fused-ring (bicyclic) bond motifs is 1. The summed E-state index contributed by atoms with van der Waals surface area (Å²) in [6, 6.07) is 4.17. The molecule has 0 amide bonds. The lowest BCUT2D eigenvalue weighted by Crippen LogP contribution is -2.23. The van der Waals surface area contributed by atoms with E-state index in [9.17, 15) is 12.3 Å². The number of hydrogen-bond donors (Lipinski definition) is 0. The molecule has 0 saturated carbocycles. The minimum Gasteiger partial charge on any atom is -0.490 e. The van der Waals surface area contributed by atoms with E-state index >= 15 is 0 Å². The highest BCUT2D eigenvalue weighted by molar-refractivity contribution is 7.86. The molecule has 3 nitrogen and oxygen atoms in total. The topological polar surface area (TPSA) is 43.4 Å². The molecule has 0 bridgehead atoms. The largest absolute Gasteiger partial charge is 0.490 e. The molecule has 94 valence electrons. The zero-order chi connectivity index (χ0) is 12.6. The molecule has 0 aliphatic carbocycles. The van der Waals surface area contributed by atoms with Crippen LogP contribution in [0.5, 0.6) is 5.75 Å². The van der Waals surface area contributed by atoms with Crippen molar-refractivity contribution in [1.29, 1.82) is 0 Å². The van der Waals surface area contributed by atoms with Crippen LogP contribution in [0.2, 0.25) is 0 Å². The van der Waals surface area contributed by atoms with Crippen molar-refractivity contribution in [2.24, 2.45) is 0 Å². The van der Waals surface area contributed by atoms with E-state index in [1.54, 1.807) is 6.07 Å². The summed E-state index contributed by atoms with van der Waals surface area (Å²) in [5.74, 6) is 0.855. The van der Waals surface area contributed by atoms with E-state index in [0.29, 0.717) is 5.75 Å². The van der Waals surface area contributed by atoms with E-state index in [0.717, 1.165) is 18.4 Å². The van der Waals surface area contributed by atoms with E-state index in [1.807, 2.05) is 13.8 Å². The second-order valence-electron chi connectivity index (χ2n) is 4.42. The number of benzene rings is 1. The molecule has 1 heterocycles. The SMILES string of the molecule is CCC1CC(C)c2cc(S(=O)(=O)F)ccc2O1. The predicted molar refractivity (Wildman–Crippen MR) is 62.5 cm³/mol. The van der Waals surface area contributed by atoms with Gasteiger partial charge in [0.25, 0.3) is 0 Å². The van der Waals surface area contributed by atoms with Gasteiger partial charge in [-0.1, -0.05) is 13.8 Å². The molecule has 2 unspecified atom stereocenters. The normalized spacial score (nSPS) is 23.9. The predicted octanol–water partition coefficient (Wildman–Crippen LogP) is 3.01. The molecule has 2 rings (SSSR count). The summed E-state index contributed by atoms with van der Waals surface area (Å²) in [4.78, 5) is -0.290. The van der Waals surface area contributed by atoms with Crippen LogP contribution in [-0.4, -0.2) is 14.5 Å². The second kappa shape index (κ2) is 4.29. The Kier molecular flexibility index (Phi) is 3.12. The van der Waals surface area contributed by atoms with Crippen LogP contribution >= 0.6 is 0 Å². The van der Waals surface area contributed by atoms with E-state index < -0.39 is 10.2 Å². The zero-order valence-corrected chi connectivity index (χ0v) is 10.6. The van der Waals surface area contributed by atoms with Crippen molar-refractivity contribution in [1.82, 2.24) is 0 Å². The van der Waals surface area contributed by atoms with Crippen LogP contribution in [0.3, 0.4) is 0 Å². The molecule has 17 heavy (non-hydrogen) atoms. The zero-order valence-electron chi connectivity index (χ0n) is 9.81. The fourth-order valence-electron chi connectivity index (χ4n) is 2.17. The first-order valence-electron chi connectivity index (χ1n) is 5.67. The van der Waals surface area contributed by atoms with Crippen LogP contribution in [-0.2, 0) is 10.2 Å². The molecule has 1 aromatic rings. The Labute approximate surface area is 101 Å². The van der Waals surface area contributed by atoms with Gasteiger partial charge in [0.15, 0.2) is 0 Å². The summed E-state index contributed by atoms with van der Waals surface area (Å²) >= 11 is 0. The smallest absolute Gasteiger partial charge is 0.332 e. The van der Waals surface area contributed by atoms with E-state index in [-0.39, 0.29) is 16.9 Å². The summed E-state index contributed by atoms with van der Waals surface area (Å²) in [7, 11) is -4.63. The third-order valence-electron chi connectivity index (χ3n) is 3.16. The highest BCUT2D eigenvalue weighted by Crippen LogP contribution is 2.38. The maximum atomic E-state index is 12.9. The van der Waals surface area contributed by atoms with Gasteiger partial charge in [0.1, 0.15) is 5.75 Å². The molecule has 1 aliphatic heterocycles. The summed E-state index contributed by atoms with van der Waals surface area (Å²) < 4.78 is 40.3. The lowest BCUT2D eigenvalue weighted by Gasteiger charge is -2.30. The average Bonchev–Trinajstić information content (AvgIpc) is 2.27. The molecule has 5 heteroatoms. The Balaban J connectivity index is 2.44. The Morgan fingerprint density at radius 1 is 1.47 bits per heavy atom. The highest BCUT2D eigenvalue weighted by atomic mass is 32.3. The molecular weight excluding hydrogens is 243 g/mol.